The fraction of sp³-hybridized carbons (Fsp3) is 0.250. The van der Waals surface area contributed by atoms with Gasteiger partial charge >= 0.3 is 0 Å². The lowest BCUT2D eigenvalue weighted by molar-refractivity contribution is 0.825. The summed E-state index contributed by atoms with van der Waals surface area (Å²) < 4.78 is 0. The van der Waals surface area contributed by atoms with Crippen molar-refractivity contribution in [2.45, 2.75) is 19.9 Å². The Hall–Kier alpha value is -1.19. The molecule has 0 aliphatic rings. The molecule has 2 aromatic heterocycles. The molecule has 2 rings (SSSR count). The molecule has 0 saturated carbocycles. The molecule has 15 heavy (non-hydrogen) atoms. The van der Waals surface area contributed by atoms with Gasteiger partial charge in [0.05, 0.1) is 11.7 Å². The van der Waals surface area contributed by atoms with Crippen molar-refractivity contribution in [3.05, 3.63) is 51.5 Å². The lowest BCUT2D eigenvalue weighted by Gasteiger charge is -2.11. The molecule has 0 aliphatic heterocycles. The van der Waals surface area contributed by atoms with E-state index in [2.05, 4.69) is 30.3 Å². The van der Waals surface area contributed by atoms with Crippen molar-refractivity contribution in [3.8, 4) is 0 Å². The van der Waals surface area contributed by atoms with Gasteiger partial charge in [-0.15, -0.1) is 11.3 Å². The van der Waals surface area contributed by atoms with Crippen LogP contribution in [0, 0.1) is 13.8 Å². The van der Waals surface area contributed by atoms with Crippen LogP contribution in [0.3, 0.4) is 0 Å². The van der Waals surface area contributed by atoms with E-state index in [4.69, 9.17) is 5.73 Å². The summed E-state index contributed by atoms with van der Waals surface area (Å²) in [6.45, 7) is 4.15. The van der Waals surface area contributed by atoms with Gasteiger partial charge in [0.2, 0.25) is 0 Å². The minimum atomic E-state index is -0.101. The maximum Gasteiger partial charge on any atom is 0.0737 e. The zero-order valence-corrected chi connectivity index (χ0v) is 9.71. The third-order valence-electron chi connectivity index (χ3n) is 2.49. The molecule has 78 valence electrons. The quantitative estimate of drug-likeness (QED) is 0.841. The number of nitrogens with zero attached hydrogens (tertiary/aromatic N) is 1. The van der Waals surface area contributed by atoms with Crippen LogP contribution in [0.4, 0.5) is 0 Å². The van der Waals surface area contributed by atoms with E-state index in [9.17, 15) is 0 Å². The van der Waals surface area contributed by atoms with Crippen LogP contribution in [0.2, 0.25) is 0 Å². The Morgan fingerprint density at radius 2 is 2.13 bits per heavy atom. The summed E-state index contributed by atoms with van der Waals surface area (Å²) in [7, 11) is 0. The summed E-state index contributed by atoms with van der Waals surface area (Å²) in [6.07, 6.45) is 1.81. The Morgan fingerprint density at radius 1 is 1.33 bits per heavy atom. The maximum atomic E-state index is 6.17. The highest BCUT2D eigenvalue weighted by molar-refractivity contribution is 7.10. The minimum Gasteiger partial charge on any atom is -0.319 e. The summed E-state index contributed by atoms with van der Waals surface area (Å²) in [5.74, 6) is 0. The first-order valence-corrected chi connectivity index (χ1v) is 5.78. The Labute approximate surface area is 93.8 Å². The zero-order chi connectivity index (χ0) is 10.8. The van der Waals surface area contributed by atoms with Gasteiger partial charge in [0.15, 0.2) is 0 Å². The molecule has 1 atom stereocenters. The smallest absolute Gasteiger partial charge is 0.0737 e. The van der Waals surface area contributed by atoms with Crippen molar-refractivity contribution in [2.75, 3.05) is 0 Å². The van der Waals surface area contributed by atoms with Gasteiger partial charge in [-0.1, -0.05) is 0 Å². The Morgan fingerprint density at radius 3 is 2.73 bits per heavy atom. The first kappa shape index (κ1) is 10.3. The largest absolute Gasteiger partial charge is 0.319 e. The molecule has 0 radical (unpaired) electrons. The molecule has 2 nitrogen and oxygen atoms in total. The van der Waals surface area contributed by atoms with Crippen molar-refractivity contribution in [2.24, 2.45) is 5.73 Å². The van der Waals surface area contributed by atoms with Gasteiger partial charge in [0.25, 0.3) is 0 Å². The number of rotatable bonds is 2. The highest BCUT2D eigenvalue weighted by Gasteiger charge is 2.13. The standard InChI is InChI=1S/C12H14N2S/c1-8-3-5-14-11(7-8)12(13)10-4-6-15-9(10)2/h3-7,12H,13H2,1-2H3. The molecule has 2 aromatic rings. The molecule has 0 spiro atoms. The van der Waals surface area contributed by atoms with Gasteiger partial charge in [-0.2, -0.15) is 0 Å². The van der Waals surface area contributed by atoms with Crippen molar-refractivity contribution >= 4 is 11.3 Å². The molecule has 0 saturated heterocycles. The average molecular weight is 218 g/mol. The third kappa shape index (κ3) is 2.08. The second-order valence-corrected chi connectivity index (χ2v) is 4.79. The number of aryl methyl sites for hydroxylation is 2. The highest BCUT2D eigenvalue weighted by atomic mass is 32.1. The summed E-state index contributed by atoms with van der Waals surface area (Å²) >= 11 is 1.72. The topological polar surface area (TPSA) is 38.9 Å². The molecular weight excluding hydrogens is 204 g/mol. The number of aromatic nitrogens is 1. The lowest BCUT2D eigenvalue weighted by Crippen LogP contribution is -2.13. The molecule has 2 heterocycles. The van der Waals surface area contributed by atoms with Gasteiger partial charge in [0, 0.05) is 11.1 Å². The monoisotopic (exact) mass is 218 g/mol. The van der Waals surface area contributed by atoms with Crippen LogP contribution < -0.4 is 5.73 Å². The molecule has 0 aliphatic carbocycles. The SMILES string of the molecule is Cc1ccnc(C(N)c2ccsc2C)c1. The number of thiophene rings is 1. The number of hydrogen-bond donors (Lipinski definition) is 1. The van der Waals surface area contributed by atoms with Gasteiger partial charge < -0.3 is 5.73 Å². The van der Waals surface area contributed by atoms with Crippen LogP contribution in [0.1, 0.15) is 27.7 Å². The van der Waals surface area contributed by atoms with Crippen LogP contribution in [0.15, 0.2) is 29.8 Å². The van der Waals surface area contributed by atoms with Crippen LogP contribution >= 0.6 is 11.3 Å². The number of hydrogen-bond acceptors (Lipinski definition) is 3. The summed E-state index contributed by atoms with van der Waals surface area (Å²) in [4.78, 5) is 5.59. The molecule has 0 amide bonds. The zero-order valence-electron chi connectivity index (χ0n) is 8.90. The average Bonchev–Trinajstić information content (AvgIpc) is 2.63. The minimum absolute atomic E-state index is 0.101. The second-order valence-electron chi connectivity index (χ2n) is 3.67. The molecule has 0 aromatic carbocycles. The molecule has 2 N–H and O–H groups in total. The lowest BCUT2D eigenvalue weighted by atomic mass is 10.0. The molecule has 3 heteroatoms. The summed E-state index contributed by atoms with van der Waals surface area (Å²) in [5.41, 5.74) is 9.49. The Bertz CT molecular complexity index is 462. The normalized spacial score (nSPS) is 12.7. The Balaban J connectivity index is 2.36. The van der Waals surface area contributed by atoms with Gasteiger partial charge in [-0.3, -0.25) is 4.98 Å². The van der Waals surface area contributed by atoms with Crippen LogP contribution in [-0.2, 0) is 0 Å². The highest BCUT2D eigenvalue weighted by Crippen LogP contribution is 2.25. The van der Waals surface area contributed by atoms with Crippen molar-refractivity contribution in [1.29, 1.82) is 0 Å². The van der Waals surface area contributed by atoms with Crippen molar-refractivity contribution in [3.63, 3.8) is 0 Å². The maximum absolute atomic E-state index is 6.17. The van der Waals surface area contributed by atoms with Gasteiger partial charge in [-0.05, 0) is 48.6 Å². The summed E-state index contributed by atoms with van der Waals surface area (Å²) in [5, 5.41) is 2.07. The fourth-order valence-corrected chi connectivity index (χ4v) is 2.36. The van der Waals surface area contributed by atoms with E-state index in [1.807, 2.05) is 18.3 Å². The molecule has 0 fully saturated rings. The van der Waals surface area contributed by atoms with E-state index in [1.165, 1.54) is 16.0 Å². The fourth-order valence-electron chi connectivity index (χ4n) is 1.61. The van der Waals surface area contributed by atoms with Crippen molar-refractivity contribution < 1.29 is 0 Å². The van der Waals surface area contributed by atoms with E-state index in [0.717, 1.165) is 5.69 Å². The summed E-state index contributed by atoms with van der Waals surface area (Å²) in [6, 6.07) is 6.00. The van der Waals surface area contributed by atoms with E-state index in [-0.39, 0.29) is 6.04 Å². The van der Waals surface area contributed by atoms with Crippen LogP contribution in [0.25, 0.3) is 0 Å². The predicted octanol–water partition coefficient (Wildman–Crippen LogP) is 2.81. The van der Waals surface area contributed by atoms with Crippen LogP contribution in [0.5, 0.6) is 0 Å². The van der Waals surface area contributed by atoms with Gasteiger partial charge in [-0.25, -0.2) is 0 Å². The third-order valence-corrected chi connectivity index (χ3v) is 3.35. The molecule has 1 unspecified atom stereocenters. The molecular formula is C12H14N2S. The van der Waals surface area contributed by atoms with Crippen molar-refractivity contribution in [1.82, 2.24) is 4.98 Å². The second kappa shape index (κ2) is 4.13. The van der Waals surface area contributed by atoms with E-state index in [1.54, 1.807) is 11.3 Å². The van der Waals surface area contributed by atoms with E-state index >= 15 is 0 Å². The first-order valence-electron chi connectivity index (χ1n) is 4.90. The number of nitrogens with two attached hydrogens (primary N) is 1. The molecule has 0 bridgehead atoms. The first-order chi connectivity index (χ1) is 7.18. The van der Waals surface area contributed by atoms with E-state index in [0.29, 0.717) is 0 Å². The Kier molecular flexibility index (Phi) is 2.84. The van der Waals surface area contributed by atoms with Crippen LogP contribution in [-0.4, -0.2) is 4.98 Å². The number of pyridine rings is 1. The van der Waals surface area contributed by atoms with E-state index < -0.39 is 0 Å². The van der Waals surface area contributed by atoms with Gasteiger partial charge in [0.1, 0.15) is 0 Å². The predicted molar refractivity (Wildman–Crippen MR) is 64.1 cm³/mol.